The van der Waals surface area contributed by atoms with Gasteiger partial charge in [0.1, 0.15) is 11.6 Å². The predicted molar refractivity (Wildman–Crippen MR) is 91.7 cm³/mol. The van der Waals surface area contributed by atoms with Crippen LogP contribution in [-0.2, 0) is 0 Å². The molecule has 0 saturated heterocycles. The number of aliphatic hydroxyl groups excluding tert-OH is 1. The number of nitrogens with one attached hydrogen (secondary N) is 1. The van der Waals surface area contributed by atoms with E-state index in [-0.39, 0.29) is 11.3 Å². The molecule has 124 valence electrons. The molecule has 8 heteroatoms. The lowest BCUT2D eigenvalue weighted by Gasteiger charge is -2.11. The SMILES string of the molecule is OC(CSc1nnc(Nc2ccccc2)s1)c1c(F)cccc1F. The van der Waals surface area contributed by atoms with E-state index < -0.39 is 17.7 Å². The number of halogens is 2. The first-order chi connectivity index (χ1) is 11.6. The summed E-state index contributed by atoms with van der Waals surface area (Å²) in [5.74, 6) is -1.43. The van der Waals surface area contributed by atoms with Crippen molar-refractivity contribution in [2.45, 2.75) is 10.4 Å². The summed E-state index contributed by atoms with van der Waals surface area (Å²) in [4.78, 5) is 0. The fourth-order valence-electron chi connectivity index (χ4n) is 2.03. The summed E-state index contributed by atoms with van der Waals surface area (Å²) >= 11 is 2.50. The third-order valence-corrected chi connectivity index (χ3v) is 5.18. The average Bonchev–Trinajstić information content (AvgIpc) is 3.01. The second-order valence-electron chi connectivity index (χ2n) is 4.83. The van der Waals surface area contributed by atoms with Crippen molar-refractivity contribution >= 4 is 33.9 Å². The van der Waals surface area contributed by atoms with Crippen LogP contribution in [0, 0.1) is 11.6 Å². The number of para-hydroxylation sites is 1. The van der Waals surface area contributed by atoms with Gasteiger partial charge in [-0.25, -0.2) is 8.78 Å². The minimum atomic E-state index is -1.26. The Morgan fingerprint density at radius 2 is 1.75 bits per heavy atom. The first-order valence-corrected chi connectivity index (χ1v) is 8.84. The normalized spacial score (nSPS) is 12.1. The fourth-order valence-corrected chi connectivity index (χ4v) is 3.77. The van der Waals surface area contributed by atoms with Crippen molar-refractivity contribution in [2.24, 2.45) is 0 Å². The van der Waals surface area contributed by atoms with Crippen LogP contribution in [-0.4, -0.2) is 21.1 Å². The van der Waals surface area contributed by atoms with Crippen LogP contribution >= 0.6 is 23.1 Å². The van der Waals surface area contributed by atoms with Crippen LogP contribution < -0.4 is 5.32 Å². The molecule has 0 aliphatic rings. The van der Waals surface area contributed by atoms with Crippen LogP contribution in [0.2, 0.25) is 0 Å². The third-order valence-electron chi connectivity index (χ3n) is 3.13. The average molecular weight is 365 g/mol. The van der Waals surface area contributed by atoms with Gasteiger partial charge in [-0.2, -0.15) is 0 Å². The molecule has 0 fully saturated rings. The molecule has 0 aliphatic carbocycles. The van der Waals surface area contributed by atoms with Gasteiger partial charge >= 0.3 is 0 Å². The second kappa shape index (κ2) is 7.69. The highest BCUT2D eigenvalue weighted by atomic mass is 32.2. The molecule has 0 saturated carbocycles. The molecule has 1 heterocycles. The van der Waals surface area contributed by atoms with Crippen molar-refractivity contribution in [1.82, 2.24) is 10.2 Å². The maximum Gasteiger partial charge on any atom is 0.210 e. The Labute approximate surface area is 145 Å². The van der Waals surface area contributed by atoms with Crippen LogP contribution in [0.4, 0.5) is 19.6 Å². The number of benzene rings is 2. The zero-order chi connectivity index (χ0) is 16.9. The van der Waals surface area contributed by atoms with Gasteiger partial charge in [0.2, 0.25) is 5.13 Å². The molecule has 2 N–H and O–H groups in total. The molecule has 3 aromatic rings. The summed E-state index contributed by atoms with van der Waals surface area (Å²) < 4.78 is 27.9. The molecule has 0 bridgehead atoms. The van der Waals surface area contributed by atoms with E-state index in [4.69, 9.17) is 0 Å². The Kier molecular flexibility index (Phi) is 5.39. The minimum absolute atomic E-state index is 0.0812. The maximum absolute atomic E-state index is 13.6. The summed E-state index contributed by atoms with van der Waals surface area (Å²) in [6.45, 7) is 0. The Morgan fingerprint density at radius 3 is 2.46 bits per heavy atom. The Hall–Kier alpha value is -2.03. The van der Waals surface area contributed by atoms with Gasteiger partial charge in [-0.1, -0.05) is 47.4 Å². The quantitative estimate of drug-likeness (QED) is 0.635. The van der Waals surface area contributed by atoms with Crippen molar-refractivity contribution < 1.29 is 13.9 Å². The first-order valence-electron chi connectivity index (χ1n) is 7.04. The van der Waals surface area contributed by atoms with Crippen LogP contribution in [0.5, 0.6) is 0 Å². The lowest BCUT2D eigenvalue weighted by molar-refractivity contribution is 0.193. The topological polar surface area (TPSA) is 58.0 Å². The number of hydrogen-bond acceptors (Lipinski definition) is 6. The van der Waals surface area contributed by atoms with E-state index in [9.17, 15) is 13.9 Å². The molecule has 4 nitrogen and oxygen atoms in total. The highest BCUT2D eigenvalue weighted by Crippen LogP contribution is 2.31. The van der Waals surface area contributed by atoms with Crippen molar-refractivity contribution in [3.63, 3.8) is 0 Å². The van der Waals surface area contributed by atoms with Crippen LogP contribution in [0.1, 0.15) is 11.7 Å². The maximum atomic E-state index is 13.6. The molecule has 1 unspecified atom stereocenters. The summed E-state index contributed by atoms with van der Waals surface area (Å²) in [5, 5.41) is 21.7. The van der Waals surface area contributed by atoms with Gasteiger partial charge in [-0.15, -0.1) is 10.2 Å². The van der Waals surface area contributed by atoms with Crippen molar-refractivity contribution in [3.8, 4) is 0 Å². The number of aromatic nitrogens is 2. The first kappa shape index (κ1) is 16.8. The van der Waals surface area contributed by atoms with E-state index in [1.807, 2.05) is 30.3 Å². The lowest BCUT2D eigenvalue weighted by Crippen LogP contribution is -2.06. The monoisotopic (exact) mass is 365 g/mol. The van der Waals surface area contributed by atoms with E-state index in [0.29, 0.717) is 9.47 Å². The molecule has 3 rings (SSSR count). The van der Waals surface area contributed by atoms with Gasteiger partial charge in [-0.05, 0) is 24.3 Å². The highest BCUT2D eigenvalue weighted by molar-refractivity contribution is 8.01. The standard InChI is InChI=1S/C16H13F2N3OS2/c17-11-7-4-8-12(18)14(11)13(22)9-23-16-21-20-15(24-16)19-10-5-2-1-3-6-10/h1-8,13,22H,9H2,(H,19,20). The zero-order valence-corrected chi connectivity index (χ0v) is 14.0. The highest BCUT2D eigenvalue weighted by Gasteiger charge is 2.18. The van der Waals surface area contributed by atoms with Crippen LogP contribution in [0.25, 0.3) is 0 Å². The fraction of sp³-hybridized carbons (Fsp3) is 0.125. The molecule has 2 aromatic carbocycles. The van der Waals surface area contributed by atoms with E-state index >= 15 is 0 Å². The van der Waals surface area contributed by atoms with Gasteiger partial charge < -0.3 is 10.4 Å². The van der Waals surface area contributed by atoms with Crippen LogP contribution in [0.3, 0.4) is 0 Å². The van der Waals surface area contributed by atoms with Gasteiger partial charge in [0.15, 0.2) is 4.34 Å². The molecule has 0 aliphatic heterocycles. The molecule has 0 amide bonds. The van der Waals surface area contributed by atoms with Gasteiger partial charge in [0, 0.05) is 11.4 Å². The van der Waals surface area contributed by atoms with Gasteiger partial charge in [0.05, 0.1) is 11.7 Å². The number of nitrogens with zero attached hydrogens (tertiary/aromatic N) is 2. The number of hydrogen-bond donors (Lipinski definition) is 2. The summed E-state index contributed by atoms with van der Waals surface area (Å²) in [5.41, 5.74) is 0.566. The smallest absolute Gasteiger partial charge is 0.210 e. The van der Waals surface area contributed by atoms with E-state index in [0.717, 1.165) is 17.8 Å². The second-order valence-corrected chi connectivity index (χ2v) is 7.07. The van der Waals surface area contributed by atoms with Crippen LogP contribution in [0.15, 0.2) is 52.9 Å². The van der Waals surface area contributed by atoms with Crippen molar-refractivity contribution in [3.05, 3.63) is 65.7 Å². The third kappa shape index (κ3) is 4.08. The number of anilines is 2. The minimum Gasteiger partial charge on any atom is -0.387 e. The largest absolute Gasteiger partial charge is 0.387 e. The molecule has 0 radical (unpaired) electrons. The molecule has 1 aromatic heterocycles. The van der Waals surface area contributed by atoms with Gasteiger partial charge in [-0.3, -0.25) is 0 Å². The molecule has 0 spiro atoms. The zero-order valence-electron chi connectivity index (χ0n) is 12.3. The number of aliphatic hydroxyl groups is 1. The number of thioether (sulfide) groups is 1. The van der Waals surface area contributed by atoms with Crippen molar-refractivity contribution in [1.29, 1.82) is 0 Å². The summed E-state index contributed by atoms with van der Waals surface area (Å²) in [6.07, 6.45) is -1.26. The number of rotatable bonds is 6. The Balaban J connectivity index is 1.61. The molecule has 1 atom stereocenters. The van der Waals surface area contributed by atoms with E-state index in [2.05, 4.69) is 15.5 Å². The summed E-state index contributed by atoms with van der Waals surface area (Å²) in [7, 11) is 0. The Morgan fingerprint density at radius 1 is 1.04 bits per heavy atom. The molecular weight excluding hydrogens is 352 g/mol. The van der Waals surface area contributed by atoms with E-state index in [1.54, 1.807) is 0 Å². The van der Waals surface area contributed by atoms with E-state index in [1.165, 1.54) is 29.2 Å². The summed E-state index contributed by atoms with van der Waals surface area (Å²) in [6, 6.07) is 13.0. The van der Waals surface area contributed by atoms with Crippen molar-refractivity contribution in [2.75, 3.05) is 11.1 Å². The van der Waals surface area contributed by atoms with Gasteiger partial charge in [0.25, 0.3) is 0 Å². The Bertz CT molecular complexity index is 794. The lowest BCUT2D eigenvalue weighted by atomic mass is 10.1. The molecule has 24 heavy (non-hydrogen) atoms. The molecular formula is C16H13F2N3OS2. The predicted octanol–water partition coefficient (Wildman–Crippen LogP) is 4.39.